The molecule has 1 aromatic heterocycles. The standard InChI is InChI=1S/C14H18N2O3/c1-9-12(10(2)19-16-9)8-15-7-11-5-4-6-13(18-3)14(11)17/h4-6,15,17H,7-8H2,1-3H3. The van der Waals surface area contributed by atoms with E-state index in [-0.39, 0.29) is 5.75 Å². The van der Waals surface area contributed by atoms with E-state index < -0.39 is 0 Å². The van der Waals surface area contributed by atoms with Crippen molar-refractivity contribution in [1.82, 2.24) is 10.5 Å². The number of hydrogen-bond donors (Lipinski definition) is 2. The largest absolute Gasteiger partial charge is 0.504 e. The highest BCUT2D eigenvalue weighted by Gasteiger charge is 2.10. The predicted octanol–water partition coefficient (Wildman–Crippen LogP) is 2.30. The zero-order valence-corrected chi connectivity index (χ0v) is 11.4. The summed E-state index contributed by atoms with van der Waals surface area (Å²) in [5, 5.41) is 17.1. The van der Waals surface area contributed by atoms with E-state index in [2.05, 4.69) is 10.5 Å². The number of phenolic OH excluding ortho intramolecular Hbond substituents is 1. The van der Waals surface area contributed by atoms with Gasteiger partial charge in [-0.15, -0.1) is 0 Å². The van der Waals surface area contributed by atoms with E-state index in [9.17, 15) is 5.11 Å². The summed E-state index contributed by atoms with van der Waals surface area (Å²) in [6.45, 7) is 5.00. The van der Waals surface area contributed by atoms with E-state index in [1.807, 2.05) is 26.0 Å². The molecule has 0 saturated carbocycles. The smallest absolute Gasteiger partial charge is 0.162 e. The highest BCUT2D eigenvalue weighted by molar-refractivity contribution is 5.45. The predicted molar refractivity (Wildman–Crippen MR) is 71.2 cm³/mol. The summed E-state index contributed by atoms with van der Waals surface area (Å²) < 4.78 is 10.2. The van der Waals surface area contributed by atoms with Crippen LogP contribution in [0.15, 0.2) is 22.7 Å². The van der Waals surface area contributed by atoms with Crippen LogP contribution in [0.2, 0.25) is 0 Å². The van der Waals surface area contributed by atoms with Crippen molar-refractivity contribution in [1.29, 1.82) is 0 Å². The molecule has 102 valence electrons. The molecule has 0 radical (unpaired) electrons. The summed E-state index contributed by atoms with van der Waals surface area (Å²) in [6, 6.07) is 5.44. The maximum absolute atomic E-state index is 9.96. The van der Waals surface area contributed by atoms with Gasteiger partial charge in [-0.25, -0.2) is 0 Å². The van der Waals surface area contributed by atoms with E-state index in [0.717, 1.165) is 22.6 Å². The van der Waals surface area contributed by atoms with Gasteiger partial charge in [-0.3, -0.25) is 0 Å². The van der Waals surface area contributed by atoms with E-state index in [1.54, 1.807) is 6.07 Å². The lowest BCUT2D eigenvalue weighted by Gasteiger charge is -2.09. The topological polar surface area (TPSA) is 67.5 Å². The van der Waals surface area contributed by atoms with Crippen molar-refractivity contribution in [3.8, 4) is 11.5 Å². The highest BCUT2D eigenvalue weighted by atomic mass is 16.5. The number of hydrogen-bond acceptors (Lipinski definition) is 5. The maximum atomic E-state index is 9.96. The minimum atomic E-state index is 0.177. The normalized spacial score (nSPS) is 10.7. The number of rotatable bonds is 5. The second-order valence-corrected chi connectivity index (χ2v) is 4.37. The molecule has 2 aromatic rings. The minimum Gasteiger partial charge on any atom is -0.504 e. The van der Waals surface area contributed by atoms with Gasteiger partial charge in [0.05, 0.1) is 12.8 Å². The molecule has 1 heterocycles. The van der Waals surface area contributed by atoms with Crippen molar-refractivity contribution in [2.24, 2.45) is 0 Å². The monoisotopic (exact) mass is 262 g/mol. The molecular formula is C14H18N2O3. The highest BCUT2D eigenvalue weighted by Crippen LogP contribution is 2.29. The van der Waals surface area contributed by atoms with E-state index in [0.29, 0.717) is 18.8 Å². The Hall–Kier alpha value is -2.01. The Balaban J connectivity index is 2.00. The number of aromatic nitrogens is 1. The average Bonchev–Trinajstić information content (AvgIpc) is 2.72. The van der Waals surface area contributed by atoms with Gasteiger partial charge in [0.1, 0.15) is 5.76 Å². The van der Waals surface area contributed by atoms with Crippen molar-refractivity contribution in [2.45, 2.75) is 26.9 Å². The van der Waals surface area contributed by atoms with Crippen LogP contribution in [-0.4, -0.2) is 17.4 Å². The Morgan fingerprint density at radius 2 is 2.11 bits per heavy atom. The number of aryl methyl sites for hydroxylation is 2. The molecule has 0 spiro atoms. The first kappa shape index (κ1) is 13.4. The van der Waals surface area contributed by atoms with Gasteiger partial charge in [0.2, 0.25) is 0 Å². The van der Waals surface area contributed by atoms with Crippen LogP contribution in [0.1, 0.15) is 22.6 Å². The molecule has 0 aliphatic rings. The van der Waals surface area contributed by atoms with Crippen molar-refractivity contribution in [2.75, 3.05) is 7.11 Å². The third-order valence-corrected chi connectivity index (χ3v) is 3.10. The maximum Gasteiger partial charge on any atom is 0.162 e. The van der Waals surface area contributed by atoms with Crippen LogP contribution < -0.4 is 10.1 Å². The lowest BCUT2D eigenvalue weighted by atomic mass is 10.1. The van der Waals surface area contributed by atoms with Crippen LogP contribution in [0.5, 0.6) is 11.5 Å². The van der Waals surface area contributed by atoms with Crippen molar-refractivity contribution < 1.29 is 14.4 Å². The van der Waals surface area contributed by atoms with Crippen LogP contribution in [0.3, 0.4) is 0 Å². The van der Waals surface area contributed by atoms with Crippen LogP contribution in [0, 0.1) is 13.8 Å². The van der Waals surface area contributed by atoms with Crippen LogP contribution in [0.4, 0.5) is 0 Å². The fourth-order valence-corrected chi connectivity index (χ4v) is 1.95. The zero-order valence-electron chi connectivity index (χ0n) is 11.4. The molecule has 2 rings (SSSR count). The van der Waals surface area contributed by atoms with Gasteiger partial charge in [-0.05, 0) is 19.9 Å². The molecule has 0 atom stereocenters. The molecule has 0 amide bonds. The average molecular weight is 262 g/mol. The van der Waals surface area contributed by atoms with Crippen molar-refractivity contribution in [3.63, 3.8) is 0 Å². The Kier molecular flexibility index (Phi) is 4.06. The Labute approximate surface area is 112 Å². The molecule has 0 aliphatic carbocycles. The summed E-state index contributed by atoms with van der Waals surface area (Å²) in [6.07, 6.45) is 0. The number of benzene rings is 1. The Morgan fingerprint density at radius 1 is 1.32 bits per heavy atom. The van der Waals surface area contributed by atoms with Gasteiger partial charge in [-0.2, -0.15) is 0 Å². The van der Waals surface area contributed by atoms with Crippen molar-refractivity contribution in [3.05, 3.63) is 40.8 Å². The number of aromatic hydroxyl groups is 1. The quantitative estimate of drug-likeness (QED) is 0.865. The number of para-hydroxylation sites is 1. The third-order valence-electron chi connectivity index (χ3n) is 3.10. The molecule has 0 unspecified atom stereocenters. The molecule has 5 heteroatoms. The number of methoxy groups -OCH3 is 1. The van der Waals surface area contributed by atoms with Crippen LogP contribution in [-0.2, 0) is 13.1 Å². The van der Waals surface area contributed by atoms with Gasteiger partial charge in [0.25, 0.3) is 0 Å². The first-order valence-corrected chi connectivity index (χ1v) is 6.10. The summed E-state index contributed by atoms with van der Waals surface area (Å²) >= 11 is 0. The molecule has 0 fully saturated rings. The Morgan fingerprint density at radius 3 is 2.74 bits per heavy atom. The molecule has 2 N–H and O–H groups in total. The van der Waals surface area contributed by atoms with Crippen LogP contribution >= 0.6 is 0 Å². The van der Waals surface area contributed by atoms with Gasteiger partial charge in [0.15, 0.2) is 11.5 Å². The first-order valence-electron chi connectivity index (χ1n) is 6.10. The number of ether oxygens (including phenoxy) is 1. The third kappa shape index (κ3) is 2.88. The van der Waals surface area contributed by atoms with E-state index in [1.165, 1.54) is 7.11 Å². The molecule has 19 heavy (non-hydrogen) atoms. The summed E-state index contributed by atoms with van der Waals surface area (Å²) in [7, 11) is 1.54. The summed E-state index contributed by atoms with van der Waals surface area (Å²) in [4.78, 5) is 0. The van der Waals surface area contributed by atoms with Crippen LogP contribution in [0.25, 0.3) is 0 Å². The van der Waals surface area contributed by atoms with Gasteiger partial charge >= 0.3 is 0 Å². The van der Waals surface area contributed by atoms with Gasteiger partial charge in [0, 0.05) is 24.2 Å². The fourth-order valence-electron chi connectivity index (χ4n) is 1.95. The summed E-state index contributed by atoms with van der Waals surface area (Å²) in [5.41, 5.74) is 2.74. The fraction of sp³-hybridized carbons (Fsp3) is 0.357. The van der Waals surface area contributed by atoms with Gasteiger partial charge < -0.3 is 19.7 Å². The second kappa shape index (κ2) is 5.75. The Bertz CT molecular complexity index is 544. The van der Waals surface area contributed by atoms with Crippen molar-refractivity contribution >= 4 is 0 Å². The molecule has 1 aromatic carbocycles. The molecule has 0 bridgehead atoms. The summed E-state index contributed by atoms with van der Waals surface area (Å²) in [5.74, 6) is 1.48. The SMILES string of the molecule is COc1cccc(CNCc2c(C)noc2C)c1O. The number of nitrogens with one attached hydrogen (secondary N) is 1. The minimum absolute atomic E-state index is 0.177. The molecule has 0 saturated heterocycles. The van der Waals surface area contributed by atoms with E-state index in [4.69, 9.17) is 9.26 Å². The molecule has 0 aliphatic heterocycles. The lowest BCUT2D eigenvalue weighted by Crippen LogP contribution is -2.13. The van der Waals surface area contributed by atoms with E-state index >= 15 is 0 Å². The second-order valence-electron chi connectivity index (χ2n) is 4.37. The van der Waals surface area contributed by atoms with Gasteiger partial charge in [-0.1, -0.05) is 17.3 Å². The zero-order chi connectivity index (χ0) is 13.8. The molecule has 5 nitrogen and oxygen atoms in total. The lowest BCUT2D eigenvalue weighted by molar-refractivity contribution is 0.369. The number of nitrogens with zero attached hydrogens (tertiary/aromatic N) is 1. The molecular weight excluding hydrogens is 244 g/mol. The number of phenols is 1. The first-order chi connectivity index (χ1) is 9.13.